The minimum absolute atomic E-state index is 0.595. The van der Waals surface area contributed by atoms with Crippen LogP contribution in [0, 0.1) is 47.4 Å². The molecule has 8 aromatic carbocycles. The third kappa shape index (κ3) is 7.93. The Morgan fingerprint density at radius 1 is 0.304 bits per heavy atom. The number of fused-ring (bicyclic) bond motifs is 2. The molecule has 0 heterocycles. The highest BCUT2D eigenvalue weighted by Crippen LogP contribution is 2.39. The Hall–Kier alpha value is -8.14. The number of hydrogen-bond acceptors (Lipinski definition) is 2. The number of carbonyl (C=O) groups excluding carboxylic acids is 2. The minimum atomic E-state index is 0.595. The maximum Gasteiger partial charge on any atom is 0.150 e. The quantitative estimate of drug-likeness (QED) is 0.135. The fraction of sp³-hybridized carbons (Fsp3) is 0. The van der Waals surface area contributed by atoms with Crippen molar-refractivity contribution in [1.82, 2.24) is 0 Å². The van der Waals surface area contributed by atoms with E-state index in [4.69, 9.17) is 0 Å². The van der Waals surface area contributed by atoms with E-state index in [2.05, 4.69) is 120 Å². The molecular weight excluding hydrogens is 681 g/mol. The predicted octanol–water partition coefficient (Wildman–Crippen LogP) is 10.9. The Morgan fingerprint density at radius 2 is 0.643 bits per heavy atom. The van der Waals surface area contributed by atoms with Gasteiger partial charge in [-0.1, -0.05) is 144 Å². The summed E-state index contributed by atoms with van der Waals surface area (Å²) in [7, 11) is 0. The van der Waals surface area contributed by atoms with Crippen LogP contribution in [0.1, 0.15) is 65.2 Å². The van der Waals surface area contributed by atoms with Crippen molar-refractivity contribution < 1.29 is 9.59 Å². The summed E-state index contributed by atoms with van der Waals surface area (Å²) in [5.74, 6) is 26.7. The van der Waals surface area contributed by atoms with Crippen LogP contribution in [0.3, 0.4) is 0 Å². The molecule has 0 aromatic heterocycles. The maximum atomic E-state index is 11.2. The largest absolute Gasteiger partial charge is 0.298 e. The zero-order chi connectivity index (χ0) is 38.1. The van der Waals surface area contributed by atoms with E-state index in [0.29, 0.717) is 11.1 Å². The average Bonchev–Trinajstić information content (AvgIpc) is 3.26. The van der Waals surface area contributed by atoms with E-state index in [0.717, 1.165) is 89.8 Å². The summed E-state index contributed by atoms with van der Waals surface area (Å²) in [6, 6.07) is 55.5. The minimum Gasteiger partial charge on any atom is -0.298 e. The lowest BCUT2D eigenvalue weighted by Gasteiger charge is -2.15. The van der Waals surface area contributed by atoms with Crippen LogP contribution in [-0.2, 0) is 0 Å². The zero-order valence-electron chi connectivity index (χ0n) is 30.1. The summed E-state index contributed by atoms with van der Waals surface area (Å²) < 4.78 is 0. The van der Waals surface area contributed by atoms with Crippen LogP contribution in [-0.4, -0.2) is 12.6 Å². The van der Waals surface area contributed by atoms with Crippen LogP contribution in [0.4, 0.5) is 0 Å². The van der Waals surface area contributed by atoms with Gasteiger partial charge in [0.1, 0.15) is 12.6 Å². The number of hydrogen-bond donors (Lipinski definition) is 0. The van der Waals surface area contributed by atoms with E-state index >= 15 is 0 Å². The third-order valence-corrected chi connectivity index (χ3v) is 9.26. The number of aldehydes is 2. The van der Waals surface area contributed by atoms with E-state index in [1.165, 1.54) is 0 Å². The monoisotopic (exact) mass is 710 g/mol. The molecule has 258 valence electrons. The normalized spacial score (nSPS) is 10.1. The first-order valence-electron chi connectivity index (χ1n) is 18.1. The van der Waals surface area contributed by atoms with Crippen LogP contribution in [0.25, 0.3) is 32.7 Å². The summed E-state index contributed by atoms with van der Waals surface area (Å²) in [6.45, 7) is 0. The van der Waals surface area contributed by atoms with Crippen molar-refractivity contribution in [1.29, 1.82) is 0 Å². The molecule has 8 rings (SSSR count). The predicted molar refractivity (Wildman–Crippen MR) is 227 cm³/mol. The van der Waals surface area contributed by atoms with E-state index in [1.807, 2.05) is 72.8 Å². The Bertz CT molecular complexity index is 2890. The van der Waals surface area contributed by atoms with E-state index in [-0.39, 0.29) is 0 Å². The first-order chi connectivity index (χ1) is 27.6. The zero-order valence-corrected chi connectivity index (χ0v) is 30.1. The Morgan fingerprint density at radius 3 is 1.04 bits per heavy atom. The van der Waals surface area contributed by atoms with Crippen LogP contribution in [0.5, 0.6) is 0 Å². The van der Waals surface area contributed by atoms with Gasteiger partial charge in [0, 0.05) is 66.8 Å². The highest BCUT2D eigenvalue weighted by molar-refractivity contribution is 6.09. The number of carbonyl (C=O) groups is 2. The second-order valence-electron chi connectivity index (χ2n) is 13.1. The summed E-state index contributed by atoms with van der Waals surface area (Å²) in [6.07, 6.45) is 1.65. The molecule has 0 aliphatic heterocycles. The van der Waals surface area contributed by atoms with Crippen molar-refractivity contribution in [3.63, 3.8) is 0 Å². The van der Waals surface area contributed by atoms with Gasteiger partial charge in [0.25, 0.3) is 0 Å². The van der Waals surface area contributed by atoms with Gasteiger partial charge in [-0.15, -0.1) is 0 Å². The first-order valence-corrected chi connectivity index (χ1v) is 18.1. The molecule has 0 amide bonds. The number of rotatable bonds is 3. The molecule has 0 fully saturated rings. The molecule has 0 atom stereocenters. The summed E-state index contributed by atoms with van der Waals surface area (Å²) in [5, 5.41) is 4.40. The summed E-state index contributed by atoms with van der Waals surface area (Å²) in [5.41, 5.74) is 9.94. The lowest BCUT2D eigenvalue weighted by molar-refractivity contribution is 0.111. The Balaban J connectivity index is 1.22. The van der Waals surface area contributed by atoms with Gasteiger partial charge in [-0.2, -0.15) is 0 Å². The van der Waals surface area contributed by atoms with E-state index in [1.54, 1.807) is 24.3 Å². The molecule has 0 aliphatic rings. The van der Waals surface area contributed by atoms with Crippen LogP contribution in [0.15, 0.2) is 170 Å². The molecule has 56 heavy (non-hydrogen) atoms. The molecule has 0 unspecified atom stereocenters. The van der Waals surface area contributed by atoms with Crippen molar-refractivity contribution in [2.75, 3.05) is 0 Å². The average molecular weight is 711 g/mol. The van der Waals surface area contributed by atoms with E-state index < -0.39 is 0 Å². The SMILES string of the molecule is O=Cc1cccc(C#Cc2cccc(C#Cc3ccc4ccccc4c3-c3c(C#Cc4cccc(C#Cc5cccc(C=O)c5)c4)ccc4ccccc34)c2)c1. The molecule has 8 aromatic rings. The van der Waals surface area contributed by atoms with Gasteiger partial charge in [-0.3, -0.25) is 9.59 Å². The molecule has 0 saturated heterocycles. The number of benzene rings is 8. The fourth-order valence-corrected chi connectivity index (χ4v) is 6.59. The smallest absolute Gasteiger partial charge is 0.150 e. The molecule has 0 saturated carbocycles. The second kappa shape index (κ2) is 16.3. The van der Waals surface area contributed by atoms with Gasteiger partial charge in [-0.05, 0) is 94.3 Å². The lowest BCUT2D eigenvalue weighted by atomic mass is 9.87. The molecule has 2 heteroatoms. The van der Waals surface area contributed by atoms with Crippen LogP contribution >= 0.6 is 0 Å². The Labute approximate surface area is 326 Å². The molecule has 0 N–H and O–H groups in total. The van der Waals surface area contributed by atoms with Gasteiger partial charge >= 0.3 is 0 Å². The Kier molecular flexibility index (Phi) is 10.1. The van der Waals surface area contributed by atoms with Gasteiger partial charge in [0.15, 0.2) is 0 Å². The van der Waals surface area contributed by atoms with Crippen molar-refractivity contribution in [2.24, 2.45) is 0 Å². The van der Waals surface area contributed by atoms with Crippen LogP contribution < -0.4 is 0 Å². The first kappa shape index (κ1) is 34.9. The maximum absolute atomic E-state index is 11.2. The molecule has 0 spiro atoms. The van der Waals surface area contributed by atoms with Crippen molar-refractivity contribution in [3.8, 4) is 58.5 Å². The van der Waals surface area contributed by atoms with Crippen LogP contribution in [0.2, 0.25) is 0 Å². The fourth-order valence-electron chi connectivity index (χ4n) is 6.59. The molecule has 0 bridgehead atoms. The van der Waals surface area contributed by atoms with E-state index in [9.17, 15) is 9.59 Å². The summed E-state index contributed by atoms with van der Waals surface area (Å²) >= 11 is 0. The molecular formula is C54H30O2. The summed E-state index contributed by atoms with van der Waals surface area (Å²) in [4.78, 5) is 22.5. The molecule has 0 aliphatic carbocycles. The standard InChI is InChI=1S/C54H30O2/c55-37-45-15-7-13-41(35-45)23-21-39-9-5-11-43(33-39)25-27-49-31-29-47-17-1-3-19-51(47)53(49)54-50(32-30-48-18-2-4-20-52(48)54)28-26-44-12-6-10-40(34-44)22-24-42-14-8-16-46(36-42)38-56/h1-20,29-38H. The second-order valence-corrected chi connectivity index (χ2v) is 13.1. The third-order valence-electron chi connectivity index (χ3n) is 9.26. The lowest BCUT2D eigenvalue weighted by Crippen LogP contribution is -1.93. The van der Waals surface area contributed by atoms with Crippen molar-refractivity contribution in [2.45, 2.75) is 0 Å². The van der Waals surface area contributed by atoms with Crippen molar-refractivity contribution in [3.05, 3.63) is 225 Å². The molecule has 2 nitrogen and oxygen atoms in total. The van der Waals surface area contributed by atoms with Gasteiger partial charge in [0.2, 0.25) is 0 Å². The topological polar surface area (TPSA) is 34.1 Å². The van der Waals surface area contributed by atoms with Gasteiger partial charge < -0.3 is 0 Å². The highest BCUT2D eigenvalue weighted by Gasteiger charge is 2.16. The highest BCUT2D eigenvalue weighted by atomic mass is 16.1. The van der Waals surface area contributed by atoms with Gasteiger partial charge in [0.05, 0.1) is 0 Å². The molecule has 0 radical (unpaired) electrons. The van der Waals surface area contributed by atoms with Gasteiger partial charge in [-0.25, -0.2) is 0 Å². The van der Waals surface area contributed by atoms with Crippen molar-refractivity contribution >= 4 is 34.1 Å².